The standard InChI is InChI=1S/C47H84O12S/c1-3-5-7-9-11-13-15-17-19-20-22-24-26-28-30-32-34-36-43(49)58-40(38-57-47-46(52)45(51)44(50)41(59-47)39-60(53,54)55)37-56-42(48)35-33-31-29-27-25-23-21-18-16-14-12-10-8-6-4-2/h22,24,28-31,40-41,44-47,50-52H,3-21,23,25-27,32-39H2,1-2H3,(H,53,54,55)/b24-22+,30-28+,31-29+/t40-,41-,44-,45?,46?,47+/m1/s1. The van der Waals surface area contributed by atoms with E-state index in [2.05, 4.69) is 38.2 Å². The van der Waals surface area contributed by atoms with Crippen LogP contribution in [0.3, 0.4) is 0 Å². The van der Waals surface area contributed by atoms with Gasteiger partial charge >= 0.3 is 11.9 Å². The Morgan fingerprint density at radius 1 is 0.567 bits per heavy atom. The lowest BCUT2D eigenvalue weighted by atomic mass is 10.00. The molecule has 4 N–H and O–H groups in total. The molecule has 1 aliphatic rings. The number of carbonyl (C=O) groups is 2. The molecule has 1 saturated heterocycles. The summed E-state index contributed by atoms with van der Waals surface area (Å²) in [6.07, 6.45) is 33.5. The number of allylic oxidation sites excluding steroid dienone is 6. The van der Waals surface area contributed by atoms with E-state index < -0.39 is 71.2 Å². The number of unbranched alkanes of at least 4 members (excludes halogenated alkanes) is 21. The summed E-state index contributed by atoms with van der Waals surface area (Å²) in [6, 6.07) is 0. The van der Waals surface area contributed by atoms with Gasteiger partial charge in [-0.15, -0.1) is 0 Å². The molecule has 60 heavy (non-hydrogen) atoms. The molecule has 0 saturated carbocycles. The van der Waals surface area contributed by atoms with Crippen LogP contribution in [0.1, 0.15) is 194 Å². The normalized spacial score (nSPS) is 20.4. The number of aliphatic hydroxyl groups excluding tert-OH is 3. The molecule has 2 unspecified atom stereocenters. The maximum Gasteiger partial charge on any atom is 0.306 e. The number of carbonyl (C=O) groups excluding carboxylic acids is 2. The van der Waals surface area contributed by atoms with Gasteiger partial charge in [-0.3, -0.25) is 14.1 Å². The van der Waals surface area contributed by atoms with Crippen molar-refractivity contribution in [2.24, 2.45) is 0 Å². The van der Waals surface area contributed by atoms with Gasteiger partial charge in [0, 0.05) is 12.8 Å². The summed E-state index contributed by atoms with van der Waals surface area (Å²) in [4.78, 5) is 25.4. The van der Waals surface area contributed by atoms with Crippen LogP contribution < -0.4 is 0 Å². The first-order valence-corrected chi connectivity index (χ1v) is 25.2. The molecule has 0 radical (unpaired) electrons. The van der Waals surface area contributed by atoms with E-state index in [9.17, 15) is 37.9 Å². The first-order valence-electron chi connectivity index (χ1n) is 23.5. The summed E-state index contributed by atoms with van der Waals surface area (Å²) in [5.41, 5.74) is 0. The summed E-state index contributed by atoms with van der Waals surface area (Å²) in [7, 11) is -4.61. The molecule has 12 nitrogen and oxygen atoms in total. The minimum absolute atomic E-state index is 0.0943. The highest BCUT2D eigenvalue weighted by Gasteiger charge is 2.46. The van der Waals surface area contributed by atoms with E-state index >= 15 is 0 Å². The van der Waals surface area contributed by atoms with Gasteiger partial charge in [-0.2, -0.15) is 8.42 Å². The summed E-state index contributed by atoms with van der Waals surface area (Å²) in [6.45, 7) is 3.70. The molecule has 1 heterocycles. The van der Waals surface area contributed by atoms with E-state index in [1.54, 1.807) is 0 Å². The topological polar surface area (TPSA) is 186 Å². The highest BCUT2D eigenvalue weighted by Crippen LogP contribution is 2.24. The van der Waals surface area contributed by atoms with Crippen LogP contribution in [-0.4, -0.2) is 96.0 Å². The Labute approximate surface area is 363 Å². The van der Waals surface area contributed by atoms with Crippen LogP contribution >= 0.6 is 0 Å². The zero-order valence-corrected chi connectivity index (χ0v) is 38.1. The molecule has 0 spiro atoms. The third-order valence-corrected chi connectivity index (χ3v) is 11.5. The van der Waals surface area contributed by atoms with E-state index in [1.165, 1.54) is 122 Å². The van der Waals surface area contributed by atoms with E-state index in [0.29, 0.717) is 19.3 Å². The Balaban J connectivity index is 2.48. The molecule has 1 fully saturated rings. The summed E-state index contributed by atoms with van der Waals surface area (Å²) < 4.78 is 54.0. The van der Waals surface area contributed by atoms with Gasteiger partial charge in [0.1, 0.15) is 36.8 Å². The first-order chi connectivity index (χ1) is 29.0. The predicted molar refractivity (Wildman–Crippen MR) is 238 cm³/mol. The molecule has 6 atom stereocenters. The zero-order valence-electron chi connectivity index (χ0n) is 37.3. The Hall–Kier alpha value is -2.13. The van der Waals surface area contributed by atoms with E-state index in [-0.39, 0.29) is 19.4 Å². The van der Waals surface area contributed by atoms with Crippen LogP contribution in [0.2, 0.25) is 0 Å². The molecule has 0 bridgehead atoms. The monoisotopic (exact) mass is 873 g/mol. The average molecular weight is 873 g/mol. The predicted octanol–water partition coefficient (Wildman–Crippen LogP) is 9.78. The fraction of sp³-hybridized carbons (Fsp3) is 0.830. The number of hydrogen-bond donors (Lipinski definition) is 4. The minimum Gasteiger partial charge on any atom is -0.462 e. The van der Waals surface area contributed by atoms with Crippen molar-refractivity contribution in [3.63, 3.8) is 0 Å². The summed E-state index contributed by atoms with van der Waals surface area (Å²) in [5.74, 6) is -2.10. The number of aliphatic hydroxyl groups is 3. The molecule has 0 amide bonds. The van der Waals surface area contributed by atoms with Gasteiger partial charge in [0.05, 0.1) is 6.61 Å². The largest absolute Gasteiger partial charge is 0.462 e. The quantitative estimate of drug-likeness (QED) is 0.0199. The number of hydrogen-bond acceptors (Lipinski definition) is 11. The number of rotatable bonds is 39. The van der Waals surface area contributed by atoms with Crippen molar-refractivity contribution in [2.45, 2.75) is 230 Å². The van der Waals surface area contributed by atoms with Crippen LogP contribution in [0.5, 0.6) is 0 Å². The fourth-order valence-electron chi connectivity index (χ4n) is 7.03. The smallest absolute Gasteiger partial charge is 0.306 e. The average Bonchev–Trinajstić information content (AvgIpc) is 3.21. The maximum absolute atomic E-state index is 12.8. The van der Waals surface area contributed by atoms with E-state index in [0.717, 1.165) is 25.7 Å². The fourth-order valence-corrected chi connectivity index (χ4v) is 7.72. The SMILES string of the molecule is CCCCCCCCCCC/C=C/C/C=C/CCCC(=O)O[C@H](COC(=O)CC/C=C/CCCCCCCCCCCCC)CO[C@H]1O[C@H](CS(=O)(=O)O)[C@@H](O)C(O)C1O. The van der Waals surface area contributed by atoms with E-state index in [4.69, 9.17) is 18.9 Å². The van der Waals surface area contributed by atoms with Crippen molar-refractivity contribution in [3.8, 4) is 0 Å². The Morgan fingerprint density at radius 2 is 1.03 bits per heavy atom. The molecule has 1 rings (SSSR count). The lowest BCUT2D eigenvalue weighted by Crippen LogP contribution is -2.60. The minimum atomic E-state index is -4.61. The van der Waals surface area contributed by atoms with Gasteiger partial charge in [0.2, 0.25) is 0 Å². The molecule has 13 heteroatoms. The van der Waals surface area contributed by atoms with Crippen molar-refractivity contribution < 1.29 is 56.8 Å². The van der Waals surface area contributed by atoms with Crippen molar-refractivity contribution >= 4 is 22.1 Å². The third kappa shape index (κ3) is 31.7. The van der Waals surface area contributed by atoms with Crippen molar-refractivity contribution in [2.75, 3.05) is 19.0 Å². The molecule has 350 valence electrons. The second-order valence-electron chi connectivity index (χ2n) is 16.4. The zero-order chi connectivity index (χ0) is 44.1. The lowest BCUT2D eigenvalue weighted by molar-refractivity contribution is -0.297. The molecule has 0 aromatic carbocycles. The Kier molecular flexibility index (Phi) is 34.9. The van der Waals surface area contributed by atoms with Crippen LogP contribution in [-0.2, 0) is 38.7 Å². The summed E-state index contributed by atoms with van der Waals surface area (Å²) >= 11 is 0. The maximum atomic E-state index is 12.8. The summed E-state index contributed by atoms with van der Waals surface area (Å²) in [5, 5.41) is 30.9. The number of esters is 2. The third-order valence-electron chi connectivity index (χ3n) is 10.7. The van der Waals surface area contributed by atoms with Gasteiger partial charge in [-0.1, -0.05) is 166 Å². The van der Waals surface area contributed by atoms with Gasteiger partial charge in [0.25, 0.3) is 10.1 Å². The lowest BCUT2D eigenvalue weighted by Gasteiger charge is -2.40. The highest BCUT2D eigenvalue weighted by molar-refractivity contribution is 7.85. The highest BCUT2D eigenvalue weighted by atomic mass is 32.2. The van der Waals surface area contributed by atoms with Crippen LogP contribution in [0.25, 0.3) is 0 Å². The molecular weight excluding hydrogens is 789 g/mol. The Morgan fingerprint density at radius 3 is 1.55 bits per heavy atom. The number of ether oxygens (including phenoxy) is 4. The molecule has 0 aromatic rings. The first kappa shape index (κ1) is 55.9. The van der Waals surface area contributed by atoms with Gasteiger partial charge in [-0.25, -0.2) is 0 Å². The second-order valence-corrected chi connectivity index (χ2v) is 17.9. The van der Waals surface area contributed by atoms with Gasteiger partial charge < -0.3 is 34.3 Å². The van der Waals surface area contributed by atoms with Gasteiger partial charge in [-0.05, 0) is 51.4 Å². The molecule has 1 aliphatic heterocycles. The Bertz CT molecular complexity index is 1250. The van der Waals surface area contributed by atoms with Crippen LogP contribution in [0.15, 0.2) is 36.5 Å². The van der Waals surface area contributed by atoms with Crippen LogP contribution in [0.4, 0.5) is 0 Å². The molecular formula is C47H84O12S. The van der Waals surface area contributed by atoms with Crippen molar-refractivity contribution in [1.82, 2.24) is 0 Å². The van der Waals surface area contributed by atoms with Gasteiger partial charge in [0.15, 0.2) is 12.4 Å². The molecule has 0 aromatic heterocycles. The van der Waals surface area contributed by atoms with E-state index in [1.807, 2.05) is 12.2 Å². The second kappa shape index (κ2) is 37.4. The molecule has 0 aliphatic carbocycles. The van der Waals surface area contributed by atoms with Crippen molar-refractivity contribution in [1.29, 1.82) is 0 Å². The van der Waals surface area contributed by atoms with Crippen molar-refractivity contribution in [3.05, 3.63) is 36.5 Å². The van der Waals surface area contributed by atoms with Crippen LogP contribution in [0, 0.1) is 0 Å².